The maximum Gasteiger partial charge on any atom is 0.132 e. The number of rotatable bonds is 4. The number of ether oxygens (including phenoxy) is 1. The van der Waals surface area contributed by atoms with Crippen molar-refractivity contribution in [2.45, 2.75) is 18.4 Å². The van der Waals surface area contributed by atoms with E-state index in [1.54, 1.807) is 7.11 Å². The summed E-state index contributed by atoms with van der Waals surface area (Å²) in [5.74, 6) is 0. The number of nitrogens with one attached hydrogen (secondary N) is 1. The first kappa shape index (κ1) is 11.1. The zero-order valence-electron chi connectivity index (χ0n) is 9.49. The Bertz CT molecular complexity index is 411. The summed E-state index contributed by atoms with van der Waals surface area (Å²) in [4.78, 5) is 0. The minimum absolute atomic E-state index is 0.505. The molecule has 3 nitrogen and oxygen atoms in total. The fraction of sp³-hybridized carbons (Fsp3) is 0.462. The molecule has 0 fully saturated rings. The zero-order valence-corrected chi connectivity index (χ0v) is 9.49. The summed E-state index contributed by atoms with van der Waals surface area (Å²) in [7, 11) is 1.67. The molecule has 0 heterocycles. The molecule has 0 aliphatic heterocycles. The van der Waals surface area contributed by atoms with Gasteiger partial charge in [-0.3, -0.25) is 5.32 Å². The third-order valence-electron chi connectivity index (χ3n) is 3.17. The maximum atomic E-state index is 9.41. The fourth-order valence-corrected chi connectivity index (χ4v) is 2.32. The average Bonchev–Trinajstić information content (AvgIpc) is 2.70. The number of aryl methyl sites for hydroxylation is 1. The number of benzene rings is 1. The van der Waals surface area contributed by atoms with E-state index in [9.17, 15) is 5.26 Å². The van der Waals surface area contributed by atoms with Crippen LogP contribution in [0.5, 0.6) is 0 Å². The van der Waals surface area contributed by atoms with Gasteiger partial charge < -0.3 is 4.74 Å². The van der Waals surface area contributed by atoms with Crippen molar-refractivity contribution in [3.8, 4) is 6.07 Å². The van der Waals surface area contributed by atoms with Crippen LogP contribution < -0.4 is 5.32 Å². The van der Waals surface area contributed by atoms with Crippen molar-refractivity contribution in [2.24, 2.45) is 0 Å². The third-order valence-corrected chi connectivity index (χ3v) is 3.17. The van der Waals surface area contributed by atoms with E-state index in [0.717, 1.165) is 18.4 Å². The molecule has 1 aliphatic rings. The summed E-state index contributed by atoms with van der Waals surface area (Å²) >= 11 is 0. The quantitative estimate of drug-likeness (QED) is 0.777. The monoisotopic (exact) mass is 216 g/mol. The van der Waals surface area contributed by atoms with Crippen LogP contribution in [0.25, 0.3) is 0 Å². The summed E-state index contributed by atoms with van der Waals surface area (Å²) in [5.41, 5.74) is 1.91. The van der Waals surface area contributed by atoms with Crippen LogP contribution in [0.4, 0.5) is 0 Å². The van der Waals surface area contributed by atoms with Crippen LogP contribution in [0.2, 0.25) is 0 Å². The van der Waals surface area contributed by atoms with Gasteiger partial charge in [-0.15, -0.1) is 0 Å². The first-order valence-corrected chi connectivity index (χ1v) is 5.56. The van der Waals surface area contributed by atoms with E-state index in [1.807, 2.05) is 18.2 Å². The Labute approximate surface area is 96.0 Å². The maximum absolute atomic E-state index is 9.41. The Kier molecular flexibility index (Phi) is 3.23. The van der Waals surface area contributed by atoms with E-state index in [-0.39, 0.29) is 0 Å². The molecule has 0 saturated carbocycles. The van der Waals surface area contributed by atoms with Crippen LogP contribution in [0.1, 0.15) is 17.5 Å². The van der Waals surface area contributed by atoms with Crippen LogP contribution in [-0.2, 0) is 16.7 Å². The van der Waals surface area contributed by atoms with Crippen LogP contribution in [-0.4, -0.2) is 20.3 Å². The van der Waals surface area contributed by atoms with Gasteiger partial charge in [0.1, 0.15) is 5.54 Å². The van der Waals surface area contributed by atoms with Crippen molar-refractivity contribution in [1.82, 2.24) is 5.32 Å². The predicted octanol–water partition coefficient (Wildman–Crippen LogP) is 1.59. The van der Waals surface area contributed by atoms with Gasteiger partial charge in [-0.2, -0.15) is 5.26 Å². The van der Waals surface area contributed by atoms with Crippen molar-refractivity contribution >= 4 is 0 Å². The Morgan fingerprint density at radius 3 is 3.06 bits per heavy atom. The van der Waals surface area contributed by atoms with Gasteiger partial charge in [0.2, 0.25) is 0 Å². The standard InChI is InChI=1S/C13H16N2O/c1-16-9-8-15-13(10-14)7-6-11-4-2-3-5-12(11)13/h2-5,15H,6-9H2,1H3. The van der Waals surface area contributed by atoms with Gasteiger partial charge in [0.15, 0.2) is 0 Å². The fourth-order valence-electron chi connectivity index (χ4n) is 2.32. The number of methoxy groups -OCH3 is 1. The smallest absolute Gasteiger partial charge is 0.132 e. The van der Waals surface area contributed by atoms with Crippen LogP contribution in [0, 0.1) is 11.3 Å². The second-order valence-corrected chi connectivity index (χ2v) is 4.09. The summed E-state index contributed by atoms with van der Waals surface area (Å²) in [6.07, 6.45) is 1.83. The molecule has 1 N–H and O–H groups in total. The number of hydrogen-bond donors (Lipinski definition) is 1. The molecule has 1 aromatic rings. The molecule has 16 heavy (non-hydrogen) atoms. The molecule has 1 aromatic carbocycles. The molecule has 0 bridgehead atoms. The van der Waals surface area contributed by atoms with E-state index in [4.69, 9.17) is 4.74 Å². The first-order valence-electron chi connectivity index (χ1n) is 5.56. The van der Waals surface area contributed by atoms with Crippen LogP contribution in [0.3, 0.4) is 0 Å². The Balaban J connectivity index is 2.21. The lowest BCUT2D eigenvalue weighted by atomic mass is 9.93. The average molecular weight is 216 g/mol. The van der Waals surface area contributed by atoms with Crippen molar-refractivity contribution in [3.63, 3.8) is 0 Å². The second-order valence-electron chi connectivity index (χ2n) is 4.09. The molecule has 2 rings (SSSR count). The number of nitrogens with zero attached hydrogens (tertiary/aromatic N) is 1. The predicted molar refractivity (Wildman–Crippen MR) is 61.9 cm³/mol. The van der Waals surface area contributed by atoms with Crippen LogP contribution >= 0.6 is 0 Å². The first-order chi connectivity index (χ1) is 7.82. The lowest BCUT2D eigenvalue weighted by Crippen LogP contribution is -2.40. The highest BCUT2D eigenvalue weighted by Gasteiger charge is 2.38. The molecule has 0 spiro atoms. The minimum Gasteiger partial charge on any atom is -0.383 e. The highest BCUT2D eigenvalue weighted by molar-refractivity contribution is 5.43. The molecule has 1 aliphatic carbocycles. The molecule has 0 amide bonds. The van der Waals surface area contributed by atoms with Crippen molar-refractivity contribution in [1.29, 1.82) is 5.26 Å². The van der Waals surface area contributed by atoms with Crippen molar-refractivity contribution in [2.75, 3.05) is 20.3 Å². The summed E-state index contributed by atoms with van der Waals surface area (Å²) < 4.78 is 5.01. The van der Waals surface area contributed by atoms with Crippen molar-refractivity contribution in [3.05, 3.63) is 35.4 Å². The molecule has 1 unspecified atom stereocenters. The largest absolute Gasteiger partial charge is 0.383 e. The van der Waals surface area contributed by atoms with Gasteiger partial charge in [-0.05, 0) is 24.0 Å². The lowest BCUT2D eigenvalue weighted by molar-refractivity contribution is 0.190. The van der Waals surface area contributed by atoms with E-state index >= 15 is 0 Å². The summed E-state index contributed by atoms with van der Waals surface area (Å²) in [5, 5.41) is 12.7. The Morgan fingerprint density at radius 2 is 2.31 bits per heavy atom. The normalized spacial score (nSPS) is 22.8. The molecule has 84 valence electrons. The van der Waals surface area contributed by atoms with E-state index in [1.165, 1.54) is 5.56 Å². The molecule has 0 radical (unpaired) electrons. The molecular formula is C13H16N2O. The third kappa shape index (κ3) is 1.82. The lowest BCUT2D eigenvalue weighted by Gasteiger charge is -2.23. The highest BCUT2D eigenvalue weighted by atomic mass is 16.5. The molecule has 3 heteroatoms. The number of fused-ring (bicyclic) bond motifs is 1. The SMILES string of the molecule is COCCNC1(C#N)CCc2ccccc21. The zero-order chi connectivity index (χ0) is 11.4. The van der Waals surface area contributed by atoms with Crippen molar-refractivity contribution < 1.29 is 4.74 Å². The molecular weight excluding hydrogens is 200 g/mol. The highest BCUT2D eigenvalue weighted by Crippen LogP contribution is 2.35. The van der Waals surface area contributed by atoms with E-state index in [2.05, 4.69) is 17.5 Å². The summed E-state index contributed by atoms with van der Waals surface area (Å²) in [6, 6.07) is 10.6. The van der Waals surface area contributed by atoms with Crippen LogP contribution in [0.15, 0.2) is 24.3 Å². The van der Waals surface area contributed by atoms with Gasteiger partial charge in [-0.1, -0.05) is 24.3 Å². The summed E-state index contributed by atoms with van der Waals surface area (Å²) in [6.45, 7) is 1.34. The van der Waals surface area contributed by atoms with Gasteiger partial charge in [0, 0.05) is 13.7 Å². The van der Waals surface area contributed by atoms with E-state index in [0.29, 0.717) is 13.2 Å². The molecule has 0 aromatic heterocycles. The number of hydrogen-bond acceptors (Lipinski definition) is 3. The van der Waals surface area contributed by atoms with Gasteiger partial charge >= 0.3 is 0 Å². The topological polar surface area (TPSA) is 45.0 Å². The Morgan fingerprint density at radius 1 is 1.50 bits per heavy atom. The van der Waals surface area contributed by atoms with E-state index < -0.39 is 5.54 Å². The van der Waals surface area contributed by atoms with Gasteiger partial charge in [0.25, 0.3) is 0 Å². The van der Waals surface area contributed by atoms with Gasteiger partial charge in [0.05, 0.1) is 12.7 Å². The Hall–Kier alpha value is -1.37. The van der Waals surface area contributed by atoms with Gasteiger partial charge in [-0.25, -0.2) is 0 Å². The molecule has 1 atom stereocenters. The minimum atomic E-state index is -0.505. The number of nitriles is 1. The second kappa shape index (κ2) is 4.65. The molecule has 0 saturated heterocycles.